The molecule has 1 unspecified atom stereocenters. The number of hydrogen-bond donors (Lipinski definition) is 1. The third kappa shape index (κ3) is 6.70. The van der Waals surface area contributed by atoms with Crippen LogP contribution in [0, 0.1) is 20.8 Å². The molecule has 0 aliphatic carbocycles. The number of nitrogens with zero attached hydrogens (tertiary/aromatic N) is 2. The molecule has 3 aromatic rings. The smallest absolute Gasteiger partial charge is 0.264 e. The molecule has 1 N–H and O–H groups in total. The normalized spacial score (nSPS) is 12.1. The maximum Gasteiger partial charge on any atom is 0.264 e. The molecule has 0 saturated carbocycles. The zero-order chi connectivity index (χ0) is 27.3. The first-order valence-corrected chi connectivity index (χ1v) is 13.7. The molecule has 1 atom stereocenters. The second kappa shape index (κ2) is 11.8. The van der Waals surface area contributed by atoms with E-state index in [2.05, 4.69) is 5.32 Å². The summed E-state index contributed by atoms with van der Waals surface area (Å²) in [5.74, 6) is -0.911. The number of halogens is 1. The Morgan fingerprint density at radius 1 is 0.919 bits per heavy atom. The highest BCUT2D eigenvalue weighted by Gasteiger charge is 2.32. The Kier molecular flexibility index (Phi) is 8.99. The second-order valence-electron chi connectivity index (χ2n) is 9.07. The first-order chi connectivity index (χ1) is 17.4. The van der Waals surface area contributed by atoms with Crippen LogP contribution in [0.25, 0.3) is 0 Å². The van der Waals surface area contributed by atoms with Crippen molar-refractivity contribution in [3.8, 4) is 0 Å². The van der Waals surface area contributed by atoms with E-state index in [1.165, 1.54) is 24.1 Å². The average molecular weight is 542 g/mol. The highest BCUT2D eigenvalue weighted by Crippen LogP contribution is 2.27. The molecule has 0 spiro atoms. The van der Waals surface area contributed by atoms with Gasteiger partial charge in [-0.25, -0.2) is 8.42 Å². The first-order valence-electron chi connectivity index (χ1n) is 11.9. The van der Waals surface area contributed by atoms with E-state index in [9.17, 15) is 18.0 Å². The van der Waals surface area contributed by atoms with Crippen LogP contribution in [0.15, 0.2) is 71.6 Å². The SMILES string of the molecule is CNC(=O)C(C)N(Cc1ccccc1Cl)C(=O)CN(c1cc(C)cc(C)c1)S(=O)(=O)c1ccc(C)cc1. The maximum atomic E-state index is 13.9. The fourth-order valence-electron chi connectivity index (χ4n) is 4.06. The number of likely N-dealkylation sites (N-methyl/N-ethyl adjacent to an activating group) is 1. The van der Waals surface area contributed by atoms with Crippen molar-refractivity contribution in [1.29, 1.82) is 0 Å². The maximum absolute atomic E-state index is 13.9. The number of amides is 2. The lowest BCUT2D eigenvalue weighted by Gasteiger charge is -2.32. The summed E-state index contributed by atoms with van der Waals surface area (Å²) in [6.45, 7) is 6.75. The molecule has 196 valence electrons. The molecular formula is C28H32ClN3O4S. The van der Waals surface area contributed by atoms with Gasteiger partial charge < -0.3 is 10.2 Å². The number of rotatable bonds is 9. The Labute approximate surface area is 224 Å². The molecule has 0 bridgehead atoms. The molecule has 0 heterocycles. The van der Waals surface area contributed by atoms with Crippen LogP contribution in [0.1, 0.15) is 29.2 Å². The molecule has 0 aliphatic rings. The minimum atomic E-state index is -4.11. The topological polar surface area (TPSA) is 86.8 Å². The Balaban J connectivity index is 2.08. The van der Waals surface area contributed by atoms with Crippen molar-refractivity contribution in [3.63, 3.8) is 0 Å². The fourth-order valence-corrected chi connectivity index (χ4v) is 5.66. The number of anilines is 1. The zero-order valence-corrected chi connectivity index (χ0v) is 23.2. The van der Waals surface area contributed by atoms with Crippen molar-refractivity contribution in [2.75, 3.05) is 17.9 Å². The molecule has 0 aliphatic heterocycles. The summed E-state index contributed by atoms with van der Waals surface area (Å²) in [6.07, 6.45) is 0. The molecule has 7 nitrogen and oxygen atoms in total. The summed E-state index contributed by atoms with van der Waals surface area (Å²) in [4.78, 5) is 27.8. The minimum absolute atomic E-state index is 0.0400. The summed E-state index contributed by atoms with van der Waals surface area (Å²) < 4.78 is 28.8. The molecule has 0 radical (unpaired) electrons. The van der Waals surface area contributed by atoms with E-state index in [1.54, 1.807) is 55.5 Å². The largest absolute Gasteiger partial charge is 0.357 e. The van der Waals surface area contributed by atoms with E-state index in [4.69, 9.17) is 11.6 Å². The quantitative estimate of drug-likeness (QED) is 0.428. The van der Waals surface area contributed by atoms with E-state index >= 15 is 0 Å². The lowest BCUT2D eigenvalue weighted by Crippen LogP contribution is -2.50. The van der Waals surface area contributed by atoms with Gasteiger partial charge in [-0.15, -0.1) is 0 Å². The van der Waals surface area contributed by atoms with Crippen molar-refractivity contribution in [1.82, 2.24) is 10.2 Å². The molecule has 0 fully saturated rings. The van der Waals surface area contributed by atoms with E-state index in [1.807, 2.05) is 26.8 Å². The van der Waals surface area contributed by atoms with Crippen LogP contribution in [-0.4, -0.2) is 44.8 Å². The molecular weight excluding hydrogens is 510 g/mol. The van der Waals surface area contributed by atoms with Crippen LogP contribution < -0.4 is 9.62 Å². The zero-order valence-electron chi connectivity index (χ0n) is 21.7. The van der Waals surface area contributed by atoms with E-state index < -0.39 is 28.5 Å². The van der Waals surface area contributed by atoms with Gasteiger partial charge in [0.2, 0.25) is 11.8 Å². The standard InChI is InChI=1S/C28H32ClN3O4S/c1-19-10-12-25(13-11-19)37(35,36)32(24-15-20(2)14-21(3)16-24)18-27(33)31(22(4)28(34)30-5)17-23-8-6-7-9-26(23)29/h6-16,22H,17-18H2,1-5H3,(H,30,34). The van der Waals surface area contributed by atoms with Crippen LogP contribution in [-0.2, 0) is 26.2 Å². The molecule has 0 aromatic heterocycles. The molecule has 2 amide bonds. The number of sulfonamides is 1. The van der Waals surface area contributed by atoms with Gasteiger partial charge in [0.05, 0.1) is 10.6 Å². The van der Waals surface area contributed by atoms with E-state index in [-0.39, 0.29) is 17.3 Å². The summed E-state index contributed by atoms with van der Waals surface area (Å²) >= 11 is 6.35. The van der Waals surface area contributed by atoms with Gasteiger partial charge in [0.15, 0.2) is 0 Å². The first kappa shape index (κ1) is 28.2. The second-order valence-corrected chi connectivity index (χ2v) is 11.3. The molecule has 37 heavy (non-hydrogen) atoms. The Bertz CT molecular complexity index is 1370. The number of benzene rings is 3. The van der Waals surface area contributed by atoms with Gasteiger partial charge in [-0.05, 0) is 74.7 Å². The summed E-state index contributed by atoms with van der Waals surface area (Å²) in [6, 6.07) is 18.0. The van der Waals surface area contributed by atoms with E-state index in [0.29, 0.717) is 16.3 Å². The summed E-state index contributed by atoms with van der Waals surface area (Å²) in [5.41, 5.74) is 3.65. The van der Waals surface area contributed by atoms with Crippen LogP contribution >= 0.6 is 11.6 Å². The van der Waals surface area contributed by atoms with Crippen molar-refractivity contribution >= 4 is 39.1 Å². The van der Waals surface area contributed by atoms with Crippen LogP contribution in [0.5, 0.6) is 0 Å². The minimum Gasteiger partial charge on any atom is -0.357 e. The van der Waals surface area contributed by atoms with Crippen molar-refractivity contribution in [2.45, 2.75) is 45.2 Å². The van der Waals surface area contributed by atoms with Crippen molar-refractivity contribution in [2.24, 2.45) is 0 Å². The van der Waals surface area contributed by atoms with Gasteiger partial charge in [-0.3, -0.25) is 13.9 Å². The lowest BCUT2D eigenvalue weighted by atomic mass is 10.1. The van der Waals surface area contributed by atoms with Crippen LogP contribution in [0.2, 0.25) is 5.02 Å². The Morgan fingerprint density at radius 3 is 2.08 bits per heavy atom. The van der Waals surface area contributed by atoms with Gasteiger partial charge in [0, 0.05) is 18.6 Å². The van der Waals surface area contributed by atoms with E-state index in [0.717, 1.165) is 21.0 Å². The third-order valence-corrected chi connectivity index (χ3v) is 8.25. The third-order valence-electron chi connectivity index (χ3n) is 6.09. The van der Waals surface area contributed by atoms with Gasteiger partial charge in [0.1, 0.15) is 12.6 Å². The predicted molar refractivity (Wildman–Crippen MR) is 147 cm³/mol. The molecule has 9 heteroatoms. The average Bonchev–Trinajstić information content (AvgIpc) is 2.85. The van der Waals surface area contributed by atoms with Crippen molar-refractivity contribution in [3.05, 3.63) is 94.0 Å². The molecule has 3 rings (SSSR count). The monoisotopic (exact) mass is 541 g/mol. The van der Waals surface area contributed by atoms with Crippen LogP contribution in [0.3, 0.4) is 0 Å². The number of carbonyl (C=O) groups excluding carboxylic acids is 2. The Morgan fingerprint density at radius 2 is 1.51 bits per heavy atom. The Hall–Kier alpha value is -3.36. The number of hydrogen-bond acceptors (Lipinski definition) is 4. The number of nitrogens with one attached hydrogen (secondary N) is 1. The van der Waals surface area contributed by atoms with Gasteiger partial charge in [-0.1, -0.05) is 53.6 Å². The van der Waals surface area contributed by atoms with Crippen molar-refractivity contribution < 1.29 is 18.0 Å². The van der Waals surface area contributed by atoms with Gasteiger partial charge in [-0.2, -0.15) is 0 Å². The highest BCUT2D eigenvalue weighted by atomic mass is 35.5. The fraction of sp³-hybridized carbons (Fsp3) is 0.286. The van der Waals surface area contributed by atoms with Gasteiger partial charge >= 0.3 is 0 Å². The lowest BCUT2D eigenvalue weighted by molar-refractivity contribution is -0.139. The summed E-state index contributed by atoms with van der Waals surface area (Å²) in [7, 11) is -2.62. The number of aryl methyl sites for hydroxylation is 3. The summed E-state index contributed by atoms with van der Waals surface area (Å²) in [5, 5.41) is 3.01. The number of carbonyl (C=O) groups is 2. The van der Waals surface area contributed by atoms with Gasteiger partial charge in [0.25, 0.3) is 10.0 Å². The highest BCUT2D eigenvalue weighted by molar-refractivity contribution is 7.92. The molecule has 0 saturated heterocycles. The van der Waals surface area contributed by atoms with Crippen LogP contribution in [0.4, 0.5) is 5.69 Å². The molecule has 3 aromatic carbocycles. The predicted octanol–water partition coefficient (Wildman–Crippen LogP) is 4.62.